The van der Waals surface area contributed by atoms with Gasteiger partial charge in [-0.25, -0.2) is 0 Å². The van der Waals surface area contributed by atoms with Gasteiger partial charge in [0.05, 0.1) is 13.2 Å². The maximum atomic E-state index is 12.1. The van der Waals surface area contributed by atoms with Gasteiger partial charge in [-0.3, -0.25) is 9.59 Å². The van der Waals surface area contributed by atoms with Crippen LogP contribution in [-0.2, 0) is 24.5 Å². The van der Waals surface area contributed by atoms with Crippen molar-refractivity contribution in [3.05, 3.63) is 35.9 Å². The average molecular weight is 250 g/mol. The Balaban J connectivity index is 3.17. The second-order valence-electron chi connectivity index (χ2n) is 3.93. The molecule has 0 heterocycles. The Morgan fingerprint density at radius 3 is 1.83 bits per heavy atom. The maximum Gasteiger partial charge on any atom is 0.327 e. The first-order chi connectivity index (χ1) is 8.57. The second-order valence-corrected chi connectivity index (χ2v) is 3.93. The van der Waals surface area contributed by atoms with Crippen LogP contribution < -0.4 is 0 Å². The largest absolute Gasteiger partial charge is 0.465 e. The van der Waals surface area contributed by atoms with Crippen LogP contribution in [0, 0.1) is 0 Å². The topological polar surface area (TPSA) is 52.6 Å². The maximum absolute atomic E-state index is 12.1. The lowest BCUT2D eigenvalue weighted by molar-refractivity contribution is -0.163. The summed E-state index contributed by atoms with van der Waals surface area (Å²) in [5.74, 6) is -1.18. The molecule has 0 spiro atoms. The molecule has 0 atom stereocenters. The lowest BCUT2D eigenvalue weighted by Gasteiger charge is -2.25. The summed E-state index contributed by atoms with van der Waals surface area (Å²) in [6.45, 7) is 5.38. The predicted molar refractivity (Wildman–Crippen MR) is 67.1 cm³/mol. The smallest absolute Gasteiger partial charge is 0.327 e. The highest BCUT2D eigenvalue weighted by molar-refractivity contribution is 6.05. The lowest BCUT2D eigenvalue weighted by Crippen LogP contribution is -2.43. The van der Waals surface area contributed by atoms with Gasteiger partial charge in [-0.15, -0.1) is 0 Å². The molecular weight excluding hydrogens is 232 g/mol. The van der Waals surface area contributed by atoms with Crippen molar-refractivity contribution in [2.45, 2.75) is 26.2 Å². The van der Waals surface area contributed by atoms with E-state index in [0.717, 1.165) is 0 Å². The molecule has 0 fully saturated rings. The number of hydrogen-bond donors (Lipinski definition) is 0. The molecule has 0 aromatic heterocycles. The molecule has 0 unspecified atom stereocenters. The van der Waals surface area contributed by atoms with Gasteiger partial charge in [-0.2, -0.15) is 0 Å². The van der Waals surface area contributed by atoms with Crippen LogP contribution in [0.2, 0.25) is 0 Å². The first-order valence-corrected chi connectivity index (χ1v) is 5.97. The van der Waals surface area contributed by atoms with Gasteiger partial charge in [0.2, 0.25) is 0 Å². The van der Waals surface area contributed by atoms with Crippen LogP contribution in [-0.4, -0.2) is 25.2 Å². The molecule has 0 saturated carbocycles. The Morgan fingerprint density at radius 2 is 1.44 bits per heavy atom. The van der Waals surface area contributed by atoms with Crippen molar-refractivity contribution in [3.63, 3.8) is 0 Å². The molecule has 18 heavy (non-hydrogen) atoms. The standard InChI is InChI=1S/C14H18O4/c1-4-17-12(15)14(3,13(16)18-5-2)11-9-7-6-8-10-11/h6-10H,4-5H2,1-3H3. The number of carbonyl (C=O) groups excluding carboxylic acids is 2. The van der Waals surface area contributed by atoms with Crippen molar-refractivity contribution >= 4 is 11.9 Å². The molecule has 98 valence electrons. The zero-order valence-corrected chi connectivity index (χ0v) is 10.9. The van der Waals surface area contributed by atoms with Crippen molar-refractivity contribution in [2.24, 2.45) is 0 Å². The van der Waals surface area contributed by atoms with Crippen LogP contribution in [0.25, 0.3) is 0 Å². The van der Waals surface area contributed by atoms with E-state index in [1.165, 1.54) is 6.92 Å². The first-order valence-electron chi connectivity index (χ1n) is 5.97. The Morgan fingerprint density at radius 1 is 1.00 bits per heavy atom. The highest BCUT2D eigenvalue weighted by Crippen LogP contribution is 2.27. The fourth-order valence-corrected chi connectivity index (χ4v) is 1.64. The second kappa shape index (κ2) is 6.19. The minimum absolute atomic E-state index is 0.223. The summed E-state index contributed by atoms with van der Waals surface area (Å²) in [4.78, 5) is 24.1. The molecule has 1 aromatic carbocycles. The summed E-state index contributed by atoms with van der Waals surface area (Å²) < 4.78 is 9.98. The number of esters is 2. The number of carbonyl (C=O) groups is 2. The molecule has 0 saturated heterocycles. The van der Waals surface area contributed by atoms with Gasteiger partial charge < -0.3 is 9.47 Å². The van der Waals surface area contributed by atoms with Gasteiger partial charge in [0.1, 0.15) is 0 Å². The molecule has 0 radical (unpaired) electrons. The molecule has 0 aliphatic rings. The Hall–Kier alpha value is -1.84. The lowest BCUT2D eigenvalue weighted by atomic mass is 9.82. The predicted octanol–water partition coefficient (Wildman–Crippen LogP) is 2.07. The molecule has 0 amide bonds. The summed E-state index contributed by atoms with van der Waals surface area (Å²) in [5.41, 5.74) is -0.838. The number of hydrogen-bond acceptors (Lipinski definition) is 4. The van der Waals surface area contributed by atoms with E-state index in [1.807, 2.05) is 6.07 Å². The molecule has 4 heteroatoms. The van der Waals surface area contributed by atoms with Crippen LogP contribution >= 0.6 is 0 Å². The Kier molecular flexibility index (Phi) is 4.89. The van der Waals surface area contributed by atoms with Crippen molar-refractivity contribution in [1.82, 2.24) is 0 Å². The van der Waals surface area contributed by atoms with Gasteiger partial charge in [-0.1, -0.05) is 30.3 Å². The van der Waals surface area contributed by atoms with Crippen molar-refractivity contribution < 1.29 is 19.1 Å². The van der Waals surface area contributed by atoms with E-state index < -0.39 is 17.4 Å². The fourth-order valence-electron chi connectivity index (χ4n) is 1.64. The molecule has 1 rings (SSSR count). The number of ether oxygens (including phenoxy) is 2. The quantitative estimate of drug-likeness (QED) is 0.593. The van der Waals surface area contributed by atoms with Crippen LogP contribution in [0.3, 0.4) is 0 Å². The highest BCUT2D eigenvalue weighted by Gasteiger charge is 2.45. The monoisotopic (exact) mass is 250 g/mol. The van der Waals surface area contributed by atoms with Crippen molar-refractivity contribution in [3.8, 4) is 0 Å². The van der Waals surface area contributed by atoms with E-state index in [4.69, 9.17) is 9.47 Å². The minimum atomic E-state index is -1.41. The summed E-state index contributed by atoms with van der Waals surface area (Å²) >= 11 is 0. The third-order valence-corrected chi connectivity index (χ3v) is 2.72. The number of benzene rings is 1. The van der Waals surface area contributed by atoms with Gasteiger partial charge in [-0.05, 0) is 26.3 Å². The van der Waals surface area contributed by atoms with Gasteiger partial charge in [0.25, 0.3) is 0 Å². The van der Waals surface area contributed by atoms with E-state index in [-0.39, 0.29) is 13.2 Å². The van der Waals surface area contributed by atoms with Gasteiger partial charge in [0, 0.05) is 0 Å². The summed E-state index contributed by atoms with van der Waals surface area (Å²) in [6, 6.07) is 8.79. The van der Waals surface area contributed by atoms with Crippen LogP contribution in [0.4, 0.5) is 0 Å². The van der Waals surface area contributed by atoms with Gasteiger partial charge in [0.15, 0.2) is 5.41 Å². The van der Waals surface area contributed by atoms with Crippen molar-refractivity contribution in [2.75, 3.05) is 13.2 Å². The zero-order valence-electron chi connectivity index (χ0n) is 10.9. The minimum Gasteiger partial charge on any atom is -0.465 e. The van der Waals surface area contributed by atoms with E-state index >= 15 is 0 Å². The number of rotatable bonds is 5. The van der Waals surface area contributed by atoms with Crippen molar-refractivity contribution in [1.29, 1.82) is 0 Å². The first kappa shape index (κ1) is 14.2. The Bertz CT molecular complexity index is 393. The van der Waals surface area contributed by atoms with Crippen LogP contribution in [0.1, 0.15) is 26.3 Å². The fraction of sp³-hybridized carbons (Fsp3) is 0.429. The SMILES string of the molecule is CCOC(=O)C(C)(C(=O)OCC)c1ccccc1. The van der Waals surface area contributed by atoms with Crippen LogP contribution in [0.5, 0.6) is 0 Å². The molecule has 4 nitrogen and oxygen atoms in total. The van der Waals surface area contributed by atoms with E-state index in [0.29, 0.717) is 5.56 Å². The Labute approximate surface area is 107 Å². The molecule has 0 aliphatic heterocycles. The normalized spacial score (nSPS) is 10.8. The highest BCUT2D eigenvalue weighted by atomic mass is 16.6. The van der Waals surface area contributed by atoms with E-state index in [9.17, 15) is 9.59 Å². The molecule has 1 aromatic rings. The third-order valence-electron chi connectivity index (χ3n) is 2.72. The summed E-state index contributed by atoms with van der Waals surface area (Å²) in [6.07, 6.45) is 0. The summed E-state index contributed by atoms with van der Waals surface area (Å²) in [5, 5.41) is 0. The molecule has 0 bridgehead atoms. The molecular formula is C14H18O4. The summed E-state index contributed by atoms with van der Waals surface area (Å²) in [7, 11) is 0. The molecule has 0 N–H and O–H groups in total. The average Bonchev–Trinajstić information content (AvgIpc) is 2.39. The third kappa shape index (κ3) is 2.70. The molecule has 0 aliphatic carbocycles. The van der Waals surface area contributed by atoms with Gasteiger partial charge >= 0.3 is 11.9 Å². The zero-order chi connectivity index (χ0) is 13.6. The van der Waals surface area contributed by atoms with Crippen LogP contribution in [0.15, 0.2) is 30.3 Å². The van der Waals surface area contributed by atoms with E-state index in [1.54, 1.807) is 38.1 Å². The van der Waals surface area contributed by atoms with E-state index in [2.05, 4.69) is 0 Å².